The molecule has 25 heavy (non-hydrogen) atoms. The van der Waals surface area contributed by atoms with Gasteiger partial charge in [-0.2, -0.15) is 0 Å². The van der Waals surface area contributed by atoms with Crippen LogP contribution in [0.1, 0.15) is 21.7 Å². The molecule has 0 saturated carbocycles. The Morgan fingerprint density at radius 2 is 1.96 bits per heavy atom. The van der Waals surface area contributed by atoms with Crippen molar-refractivity contribution >= 4 is 39.6 Å². The summed E-state index contributed by atoms with van der Waals surface area (Å²) in [6.45, 7) is 3.35. The van der Waals surface area contributed by atoms with Gasteiger partial charge in [0.05, 0.1) is 7.11 Å². The van der Waals surface area contributed by atoms with Gasteiger partial charge in [0.25, 0.3) is 0 Å². The topological polar surface area (TPSA) is 59.6 Å². The van der Waals surface area contributed by atoms with E-state index in [1.807, 2.05) is 37.3 Å². The van der Waals surface area contributed by atoms with Crippen molar-refractivity contribution in [1.29, 1.82) is 0 Å². The SMILES string of the molecule is COCCCNC(=S)Nc1sc(C)c(-c2ccccc2)c1C(=O)OC. The molecule has 0 amide bonds. The molecule has 134 valence electrons. The normalized spacial score (nSPS) is 10.4. The van der Waals surface area contributed by atoms with Crippen LogP contribution in [0.2, 0.25) is 0 Å². The third-order valence-electron chi connectivity index (χ3n) is 3.57. The van der Waals surface area contributed by atoms with Gasteiger partial charge >= 0.3 is 5.97 Å². The number of methoxy groups -OCH3 is 2. The molecule has 7 heteroatoms. The number of ether oxygens (including phenoxy) is 2. The van der Waals surface area contributed by atoms with Gasteiger partial charge in [-0.25, -0.2) is 4.79 Å². The maximum absolute atomic E-state index is 12.4. The van der Waals surface area contributed by atoms with E-state index in [2.05, 4.69) is 10.6 Å². The lowest BCUT2D eigenvalue weighted by Gasteiger charge is -2.11. The summed E-state index contributed by atoms with van der Waals surface area (Å²) in [5, 5.41) is 7.41. The van der Waals surface area contributed by atoms with Crippen molar-refractivity contribution in [1.82, 2.24) is 5.32 Å². The van der Waals surface area contributed by atoms with Gasteiger partial charge in [0.1, 0.15) is 10.6 Å². The van der Waals surface area contributed by atoms with E-state index in [1.54, 1.807) is 7.11 Å². The molecular formula is C18H22N2O3S2. The van der Waals surface area contributed by atoms with Crippen LogP contribution in [0.15, 0.2) is 30.3 Å². The van der Waals surface area contributed by atoms with Gasteiger partial charge in [-0.1, -0.05) is 30.3 Å². The van der Waals surface area contributed by atoms with Crippen LogP contribution < -0.4 is 10.6 Å². The second-order valence-electron chi connectivity index (χ2n) is 5.32. The molecule has 0 bridgehead atoms. The Hall–Kier alpha value is -1.96. The number of hydrogen-bond donors (Lipinski definition) is 2. The van der Waals surface area contributed by atoms with Gasteiger partial charge < -0.3 is 20.1 Å². The number of benzene rings is 1. The van der Waals surface area contributed by atoms with Crippen molar-refractivity contribution in [2.75, 3.05) is 32.7 Å². The molecule has 2 aromatic rings. The minimum atomic E-state index is -0.382. The van der Waals surface area contributed by atoms with Crippen LogP contribution in [0.3, 0.4) is 0 Å². The van der Waals surface area contributed by atoms with E-state index in [0.29, 0.717) is 28.8 Å². The first-order chi connectivity index (χ1) is 12.1. The average molecular weight is 379 g/mol. The molecule has 1 aromatic carbocycles. The molecule has 0 spiro atoms. The molecule has 0 aliphatic carbocycles. The van der Waals surface area contributed by atoms with Crippen molar-refractivity contribution in [3.8, 4) is 11.1 Å². The zero-order chi connectivity index (χ0) is 18.2. The fourth-order valence-electron chi connectivity index (χ4n) is 2.45. The lowest BCUT2D eigenvalue weighted by atomic mass is 10.0. The minimum absolute atomic E-state index is 0.382. The van der Waals surface area contributed by atoms with Crippen LogP contribution in [-0.2, 0) is 9.47 Å². The molecule has 0 atom stereocenters. The molecule has 0 radical (unpaired) electrons. The van der Waals surface area contributed by atoms with Crippen LogP contribution in [-0.4, -0.2) is 38.5 Å². The summed E-state index contributed by atoms with van der Waals surface area (Å²) in [7, 11) is 3.05. The fraction of sp³-hybridized carbons (Fsp3) is 0.333. The summed E-state index contributed by atoms with van der Waals surface area (Å²) in [6.07, 6.45) is 0.848. The predicted molar refractivity (Wildman–Crippen MR) is 107 cm³/mol. The molecule has 0 saturated heterocycles. The van der Waals surface area contributed by atoms with Crippen LogP contribution in [0, 0.1) is 6.92 Å². The summed E-state index contributed by atoms with van der Waals surface area (Å²) in [4.78, 5) is 13.4. The summed E-state index contributed by atoms with van der Waals surface area (Å²) < 4.78 is 10.0. The largest absolute Gasteiger partial charge is 0.465 e. The predicted octanol–water partition coefficient (Wildman–Crippen LogP) is 3.83. The van der Waals surface area contributed by atoms with E-state index in [0.717, 1.165) is 22.4 Å². The summed E-state index contributed by atoms with van der Waals surface area (Å²) >= 11 is 6.82. The molecule has 2 rings (SSSR count). The second-order valence-corrected chi connectivity index (χ2v) is 6.96. The highest BCUT2D eigenvalue weighted by atomic mass is 32.1. The first-order valence-corrected chi connectivity index (χ1v) is 9.11. The van der Waals surface area contributed by atoms with E-state index in [-0.39, 0.29) is 5.97 Å². The smallest absolute Gasteiger partial charge is 0.341 e. The van der Waals surface area contributed by atoms with E-state index in [1.165, 1.54) is 18.4 Å². The standard InChI is InChI=1S/C18H22N2O3S2/c1-12-14(13-8-5-4-6-9-13)15(17(21)23-3)16(25-12)20-18(24)19-10-7-11-22-2/h4-6,8-9H,7,10-11H2,1-3H3,(H2,19,20,24). The number of anilines is 1. The number of hydrogen-bond acceptors (Lipinski definition) is 5. The number of rotatable bonds is 7. The summed E-state index contributed by atoms with van der Waals surface area (Å²) in [5.74, 6) is -0.382. The molecule has 1 heterocycles. The quantitative estimate of drug-likeness (QED) is 0.434. The van der Waals surface area contributed by atoms with Crippen LogP contribution in [0.5, 0.6) is 0 Å². The van der Waals surface area contributed by atoms with Crippen molar-refractivity contribution in [3.63, 3.8) is 0 Å². The molecule has 0 fully saturated rings. The maximum Gasteiger partial charge on any atom is 0.341 e. The molecule has 0 aliphatic rings. The number of nitrogens with one attached hydrogen (secondary N) is 2. The molecule has 0 aliphatic heterocycles. The lowest BCUT2D eigenvalue weighted by molar-refractivity contribution is 0.0603. The Labute approximate surface area is 157 Å². The first-order valence-electron chi connectivity index (χ1n) is 7.89. The maximum atomic E-state index is 12.4. The Morgan fingerprint density at radius 3 is 2.60 bits per heavy atom. The molecule has 1 aromatic heterocycles. The van der Waals surface area contributed by atoms with E-state index in [4.69, 9.17) is 21.7 Å². The highest BCUT2D eigenvalue weighted by molar-refractivity contribution is 7.80. The molecule has 2 N–H and O–H groups in total. The van der Waals surface area contributed by atoms with Gasteiger partial charge in [-0.3, -0.25) is 0 Å². The van der Waals surface area contributed by atoms with Crippen molar-refractivity contribution in [2.24, 2.45) is 0 Å². The Balaban J connectivity index is 2.26. The Kier molecular flexibility index (Phi) is 7.36. The fourth-order valence-corrected chi connectivity index (χ4v) is 3.79. The highest BCUT2D eigenvalue weighted by Crippen LogP contribution is 2.40. The monoisotopic (exact) mass is 378 g/mol. The van der Waals surface area contributed by atoms with Crippen LogP contribution >= 0.6 is 23.6 Å². The van der Waals surface area contributed by atoms with Gasteiger partial charge in [0.15, 0.2) is 5.11 Å². The molecule has 0 unspecified atom stereocenters. The van der Waals surface area contributed by atoms with Gasteiger partial charge in [0.2, 0.25) is 0 Å². The van der Waals surface area contributed by atoms with Crippen LogP contribution in [0.25, 0.3) is 11.1 Å². The first kappa shape index (κ1) is 19.4. The summed E-state index contributed by atoms with van der Waals surface area (Å²) in [5.41, 5.74) is 2.36. The third-order valence-corrected chi connectivity index (χ3v) is 4.84. The Bertz CT molecular complexity index is 729. The highest BCUT2D eigenvalue weighted by Gasteiger charge is 2.24. The second kappa shape index (κ2) is 9.50. The van der Waals surface area contributed by atoms with Crippen molar-refractivity contribution in [2.45, 2.75) is 13.3 Å². The molecular weight excluding hydrogens is 356 g/mol. The Morgan fingerprint density at radius 1 is 1.24 bits per heavy atom. The van der Waals surface area contributed by atoms with E-state index >= 15 is 0 Å². The van der Waals surface area contributed by atoms with Crippen LogP contribution in [0.4, 0.5) is 5.00 Å². The number of esters is 1. The number of carbonyl (C=O) groups is 1. The van der Waals surface area contributed by atoms with E-state index in [9.17, 15) is 4.79 Å². The minimum Gasteiger partial charge on any atom is -0.465 e. The third kappa shape index (κ3) is 5.01. The zero-order valence-corrected chi connectivity index (χ0v) is 16.2. The molecule has 5 nitrogen and oxygen atoms in total. The zero-order valence-electron chi connectivity index (χ0n) is 14.5. The van der Waals surface area contributed by atoms with E-state index < -0.39 is 0 Å². The van der Waals surface area contributed by atoms with Gasteiger partial charge in [-0.15, -0.1) is 11.3 Å². The number of thiocarbonyl (C=S) groups is 1. The van der Waals surface area contributed by atoms with Gasteiger partial charge in [0, 0.05) is 30.7 Å². The lowest BCUT2D eigenvalue weighted by Crippen LogP contribution is -2.30. The number of carbonyl (C=O) groups excluding carboxylic acids is 1. The number of thiophene rings is 1. The van der Waals surface area contributed by atoms with Gasteiger partial charge in [-0.05, 0) is 31.1 Å². The van der Waals surface area contributed by atoms with Crippen molar-refractivity contribution in [3.05, 3.63) is 40.8 Å². The average Bonchev–Trinajstić information content (AvgIpc) is 2.94. The number of aryl methyl sites for hydroxylation is 1. The van der Waals surface area contributed by atoms with Crippen molar-refractivity contribution < 1.29 is 14.3 Å². The summed E-state index contributed by atoms with van der Waals surface area (Å²) in [6, 6.07) is 9.80.